The second-order valence-electron chi connectivity index (χ2n) is 4.34. The average Bonchev–Trinajstić information content (AvgIpc) is 2.34. The van der Waals surface area contributed by atoms with Gasteiger partial charge in [0.05, 0.1) is 4.92 Å². The molecule has 2 N–H and O–H groups in total. The van der Waals surface area contributed by atoms with Gasteiger partial charge in [0.2, 0.25) is 5.82 Å². The molecule has 8 heteroatoms. The molecule has 0 radical (unpaired) electrons. The van der Waals surface area contributed by atoms with Crippen molar-refractivity contribution in [3.8, 4) is 0 Å². The molecule has 0 bridgehead atoms. The zero-order chi connectivity index (χ0) is 15.3. The van der Waals surface area contributed by atoms with Crippen molar-refractivity contribution in [3.05, 3.63) is 39.7 Å². The molecule has 1 amide bonds. The Hall–Kier alpha value is -2.51. The van der Waals surface area contributed by atoms with E-state index >= 15 is 0 Å². The maximum absolute atomic E-state index is 13.3. The van der Waals surface area contributed by atoms with E-state index in [9.17, 15) is 24.1 Å². The molecule has 0 saturated heterocycles. The monoisotopic (exact) mass is 284 g/mol. The lowest BCUT2D eigenvalue weighted by atomic mass is 10.1. The molecule has 1 unspecified atom stereocenters. The first-order chi connectivity index (χ1) is 9.31. The number of carboxylic acids is 1. The topological polar surface area (TPSA) is 110 Å². The molecule has 0 aliphatic heterocycles. The number of halogens is 1. The number of carbonyl (C=O) groups is 2. The molecule has 7 nitrogen and oxygen atoms in total. The van der Waals surface area contributed by atoms with E-state index in [1.54, 1.807) is 6.92 Å². The fraction of sp³-hybridized carbons (Fsp3) is 0.333. The van der Waals surface area contributed by atoms with Crippen LogP contribution in [0.25, 0.3) is 0 Å². The summed E-state index contributed by atoms with van der Waals surface area (Å²) in [5.41, 5.74) is -0.767. The van der Waals surface area contributed by atoms with Gasteiger partial charge >= 0.3 is 11.7 Å². The number of nitrogens with zero attached hydrogens (tertiary/aromatic N) is 1. The smallest absolute Gasteiger partial charge is 0.304 e. The normalized spacial score (nSPS) is 11.7. The summed E-state index contributed by atoms with van der Waals surface area (Å²) in [5, 5.41) is 21.4. The summed E-state index contributed by atoms with van der Waals surface area (Å²) in [4.78, 5) is 31.7. The summed E-state index contributed by atoms with van der Waals surface area (Å²) in [6.45, 7) is 1.76. The van der Waals surface area contributed by atoms with Gasteiger partial charge in [0.1, 0.15) is 0 Å². The van der Waals surface area contributed by atoms with Crippen LogP contribution in [0.3, 0.4) is 0 Å². The minimum absolute atomic E-state index is 0.0596. The molecule has 0 aliphatic carbocycles. The van der Waals surface area contributed by atoms with Crippen LogP contribution in [0.15, 0.2) is 18.2 Å². The Labute approximate surface area is 113 Å². The molecule has 1 atom stereocenters. The highest BCUT2D eigenvalue weighted by atomic mass is 19.1. The number of hydrogen-bond donors (Lipinski definition) is 2. The van der Waals surface area contributed by atoms with E-state index in [0.29, 0.717) is 0 Å². The second kappa shape index (κ2) is 6.60. The van der Waals surface area contributed by atoms with Crippen molar-refractivity contribution in [2.75, 3.05) is 6.54 Å². The number of nitrogens with one attached hydrogen (secondary N) is 1. The molecule has 0 saturated carbocycles. The Bertz CT molecular complexity index is 547. The molecule has 0 spiro atoms. The van der Waals surface area contributed by atoms with E-state index in [0.717, 1.165) is 18.2 Å². The third-order valence-corrected chi connectivity index (χ3v) is 2.54. The van der Waals surface area contributed by atoms with E-state index in [2.05, 4.69) is 5.32 Å². The summed E-state index contributed by atoms with van der Waals surface area (Å²) in [7, 11) is 0. The van der Waals surface area contributed by atoms with E-state index in [1.807, 2.05) is 0 Å². The lowest BCUT2D eigenvalue weighted by Gasteiger charge is -2.10. The van der Waals surface area contributed by atoms with Crippen molar-refractivity contribution in [1.82, 2.24) is 5.32 Å². The van der Waals surface area contributed by atoms with E-state index in [-0.39, 0.29) is 24.4 Å². The third kappa shape index (κ3) is 4.30. The predicted molar refractivity (Wildman–Crippen MR) is 66.8 cm³/mol. The van der Waals surface area contributed by atoms with Crippen molar-refractivity contribution in [3.63, 3.8) is 0 Å². The van der Waals surface area contributed by atoms with Gasteiger partial charge in [0, 0.05) is 24.6 Å². The summed E-state index contributed by atoms with van der Waals surface area (Å²) >= 11 is 0. The molecule has 1 rings (SSSR count). The molecule has 0 fully saturated rings. The highest BCUT2D eigenvalue weighted by Gasteiger charge is 2.17. The van der Waals surface area contributed by atoms with Gasteiger partial charge in [-0.1, -0.05) is 6.92 Å². The molecular formula is C12H13FN2O5. The lowest BCUT2D eigenvalue weighted by Crippen LogP contribution is -2.29. The molecular weight excluding hydrogens is 271 g/mol. The minimum atomic E-state index is -1.10. The van der Waals surface area contributed by atoms with E-state index < -0.39 is 28.3 Å². The second-order valence-corrected chi connectivity index (χ2v) is 4.34. The average molecular weight is 284 g/mol. The lowest BCUT2D eigenvalue weighted by molar-refractivity contribution is -0.387. The summed E-state index contributed by atoms with van der Waals surface area (Å²) in [6.07, 6.45) is -0.102. The van der Waals surface area contributed by atoms with E-state index in [1.165, 1.54) is 0 Å². The highest BCUT2D eigenvalue weighted by Crippen LogP contribution is 2.17. The number of nitro benzene ring substituents is 1. The Morgan fingerprint density at radius 3 is 2.65 bits per heavy atom. The molecule has 108 valence electrons. The zero-order valence-corrected chi connectivity index (χ0v) is 10.6. The van der Waals surface area contributed by atoms with Crippen LogP contribution in [0.4, 0.5) is 10.1 Å². The number of nitro groups is 1. The molecule has 1 aromatic carbocycles. The number of carbonyl (C=O) groups excluding carboxylic acids is 1. The molecule has 0 aliphatic rings. The van der Waals surface area contributed by atoms with Crippen LogP contribution < -0.4 is 5.32 Å². The number of hydrogen-bond acceptors (Lipinski definition) is 4. The quantitative estimate of drug-likeness (QED) is 0.608. The number of aliphatic carboxylic acids is 1. The van der Waals surface area contributed by atoms with Crippen molar-refractivity contribution in [1.29, 1.82) is 0 Å². The van der Waals surface area contributed by atoms with Crippen LogP contribution in [-0.2, 0) is 4.79 Å². The highest BCUT2D eigenvalue weighted by molar-refractivity contribution is 5.94. The Balaban J connectivity index is 2.67. The minimum Gasteiger partial charge on any atom is -0.481 e. The first kappa shape index (κ1) is 15.5. The summed E-state index contributed by atoms with van der Waals surface area (Å²) in [6, 6.07) is 2.82. The molecule has 0 heterocycles. The fourth-order valence-corrected chi connectivity index (χ4v) is 1.54. The Morgan fingerprint density at radius 2 is 2.15 bits per heavy atom. The van der Waals surface area contributed by atoms with Crippen molar-refractivity contribution >= 4 is 17.6 Å². The van der Waals surface area contributed by atoms with Crippen LogP contribution >= 0.6 is 0 Å². The van der Waals surface area contributed by atoms with Gasteiger partial charge in [-0.15, -0.1) is 0 Å². The number of rotatable bonds is 6. The van der Waals surface area contributed by atoms with Gasteiger partial charge in [-0.2, -0.15) is 4.39 Å². The van der Waals surface area contributed by atoms with Gasteiger partial charge < -0.3 is 10.4 Å². The maximum atomic E-state index is 13.3. The number of amides is 1. The van der Waals surface area contributed by atoms with Crippen molar-refractivity contribution in [2.45, 2.75) is 13.3 Å². The number of benzene rings is 1. The Morgan fingerprint density at radius 1 is 1.50 bits per heavy atom. The van der Waals surface area contributed by atoms with E-state index in [4.69, 9.17) is 5.11 Å². The van der Waals surface area contributed by atoms with Gasteiger partial charge in [-0.05, 0) is 18.1 Å². The van der Waals surface area contributed by atoms with Crippen LogP contribution in [0, 0.1) is 21.8 Å². The van der Waals surface area contributed by atoms with Gasteiger partial charge in [0.15, 0.2) is 0 Å². The number of carboxylic acid groups (broad SMARTS) is 1. The van der Waals surface area contributed by atoms with Crippen LogP contribution in [-0.4, -0.2) is 28.5 Å². The molecule has 20 heavy (non-hydrogen) atoms. The molecule has 1 aromatic rings. The van der Waals surface area contributed by atoms with Gasteiger partial charge in [0.25, 0.3) is 5.91 Å². The Kier molecular flexibility index (Phi) is 5.13. The zero-order valence-electron chi connectivity index (χ0n) is 10.6. The van der Waals surface area contributed by atoms with Gasteiger partial charge in [-0.25, -0.2) is 0 Å². The SMILES string of the molecule is CC(CNC(=O)c1ccc([N+](=O)[O-])c(F)c1)CC(=O)O. The standard InChI is InChI=1S/C12H13FN2O5/c1-7(4-11(16)17)6-14-12(18)8-2-3-10(15(19)20)9(13)5-8/h2-3,5,7H,4,6H2,1H3,(H,14,18)(H,16,17). The predicted octanol–water partition coefficient (Wildman–Crippen LogP) is 1.57. The van der Waals surface area contributed by atoms with Crippen LogP contribution in [0.2, 0.25) is 0 Å². The first-order valence-corrected chi connectivity index (χ1v) is 5.75. The summed E-state index contributed by atoms with van der Waals surface area (Å²) < 4.78 is 13.3. The fourth-order valence-electron chi connectivity index (χ4n) is 1.54. The van der Waals surface area contributed by atoms with Crippen molar-refractivity contribution < 1.29 is 24.0 Å². The van der Waals surface area contributed by atoms with Crippen LogP contribution in [0.5, 0.6) is 0 Å². The summed E-state index contributed by atoms with van der Waals surface area (Å²) in [5.74, 6) is -2.97. The largest absolute Gasteiger partial charge is 0.481 e. The van der Waals surface area contributed by atoms with Gasteiger partial charge in [-0.3, -0.25) is 19.7 Å². The molecule has 0 aromatic heterocycles. The van der Waals surface area contributed by atoms with Crippen molar-refractivity contribution in [2.24, 2.45) is 5.92 Å². The first-order valence-electron chi connectivity index (χ1n) is 5.75. The third-order valence-electron chi connectivity index (χ3n) is 2.54. The maximum Gasteiger partial charge on any atom is 0.304 e. The van der Waals surface area contributed by atoms with Crippen LogP contribution in [0.1, 0.15) is 23.7 Å².